The minimum absolute atomic E-state index is 0. The lowest BCUT2D eigenvalue weighted by Crippen LogP contribution is -2.50. The highest BCUT2D eigenvalue weighted by atomic mass is 127. The van der Waals surface area contributed by atoms with E-state index in [0.717, 1.165) is 42.8 Å². The Balaban J connectivity index is 0.00000176. The third-order valence-corrected chi connectivity index (χ3v) is 3.70. The van der Waals surface area contributed by atoms with E-state index in [1.54, 1.807) is 7.05 Å². The Labute approximate surface area is 147 Å². The van der Waals surface area contributed by atoms with E-state index in [1.165, 1.54) is 0 Å². The first-order chi connectivity index (χ1) is 10.2. The standard InChI is InChI=1S/C15H21N3O3.HI/c1-15(8-19-9-15)7-18-14(16-2)17-6-11-3-4-12-13(5-11)21-10-20-12;/h3-5H,6-10H2,1-2H3,(H2,16,17,18);1H. The molecular weight excluding hydrogens is 397 g/mol. The maximum atomic E-state index is 5.38. The molecule has 0 spiro atoms. The summed E-state index contributed by atoms with van der Waals surface area (Å²) in [5, 5.41) is 6.64. The Morgan fingerprint density at radius 1 is 1.23 bits per heavy atom. The first-order valence-electron chi connectivity index (χ1n) is 7.09. The number of nitrogens with zero attached hydrogens (tertiary/aromatic N) is 1. The molecule has 122 valence electrons. The fourth-order valence-corrected chi connectivity index (χ4v) is 2.31. The van der Waals surface area contributed by atoms with E-state index in [2.05, 4.69) is 22.5 Å². The van der Waals surface area contributed by atoms with Crippen molar-refractivity contribution in [2.24, 2.45) is 10.4 Å². The van der Waals surface area contributed by atoms with Gasteiger partial charge in [0.25, 0.3) is 0 Å². The molecule has 2 aliphatic heterocycles. The van der Waals surface area contributed by atoms with Crippen molar-refractivity contribution in [2.45, 2.75) is 13.5 Å². The average molecular weight is 419 g/mol. The number of guanidine groups is 1. The third-order valence-electron chi connectivity index (χ3n) is 3.70. The van der Waals surface area contributed by atoms with Crippen molar-refractivity contribution < 1.29 is 14.2 Å². The molecule has 22 heavy (non-hydrogen) atoms. The summed E-state index contributed by atoms with van der Waals surface area (Å²) in [6.07, 6.45) is 0. The predicted octanol–water partition coefficient (Wildman–Crippen LogP) is 1.73. The Bertz CT molecular complexity index is 547. The first kappa shape index (κ1) is 17.1. The highest BCUT2D eigenvalue weighted by molar-refractivity contribution is 14.0. The van der Waals surface area contributed by atoms with Crippen molar-refractivity contribution in [3.8, 4) is 11.5 Å². The second-order valence-electron chi connectivity index (χ2n) is 5.77. The maximum absolute atomic E-state index is 5.38. The fraction of sp³-hybridized carbons (Fsp3) is 0.533. The number of rotatable bonds is 4. The molecule has 0 unspecified atom stereocenters. The zero-order chi connectivity index (χ0) is 14.7. The summed E-state index contributed by atoms with van der Waals surface area (Å²) in [5.41, 5.74) is 1.34. The highest BCUT2D eigenvalue weighted by Gasteiger charge is 2.33. The number of benzene rings is 1. The van der Waals surface area contributed by atoms with E-state index in [4.69, 9.17) is 14.2 Å². The van der Waals surface area contributed by atoms with Gasteiger partial charge in [-0.05, 0) is 17.7 Å². The van der Waals surface area contributed by atoms with Crippen LogP contribution in [0.3, 0.4) is 0 Å². The lowest BCUT2D eigenvalue weighted by atomic mass is 9.89. The molecule has 0 amide bonds. The van der Waals surface area contributed by atoms with Gasteiger partial charge in [-0.1, -0.05) is 13.0 Å². The molecule has 0 radical (unpaired) electrons. The Hall–Kier alpha value is -1.22. The Morgan fingerprint density at radius 3 is 2.68 bits per heavy atom. The smallest absolute Gasteiger partial charge is 0.231 e. The van der Waals surface area contributed by atoms with Crippen LogP contribution in [-0.4, -0.2) is 39.6 Å². The van der Waals surface area contributed by atoms with Crippen LogP contribution < -0.4 is 20.1 Å². The van der Waals surface area contributed by atoms with Gasteiger partial charge in [0.05, 0.1) is 13.2 Å². The molecule has 7 heteroatoms. The first-order valence-corrected chi connectivity index (χ1v) is 7.09. The molecule has 0 aliphatic carbocycles. The largest absolute Gasteiger partial charge is 0.454 e. The molecule has 2 N–H and O–H groups in total. The quantitative estimate of drug-likeness (QED) is 0.442. The number of halogens is 1. The number of nitrogens with one attached hydrogen (secondary N) is 2. The van der Waals surface area contributed by atoms with Crippen LogP contribution in [0.4, 0.5) is 0 Å². The fourth-order valence-electron chi connectivity index (χ4n) is 2.31. The van der Waals surface area contributed by atoms with Gasteiger partial charge in [-0.2, -0.15) is 0 Å². The van der Waals surface area contributed by atoms with Crippen LogP contribution in [0.25, 0.3) is 0 Å². The summed E-state index contributed by atoms with van der Waals surface area (Å²) >= 11 is 0. The zero-order valence-electron chi connectivity index (χ0n) is 12.8. The highest BCUT2D eigenvalue weighted by Crippen LogP contribution is 2.32. The molecule has 2 heterocycles. The average Bonchev–Trinajstić information content (AvgIpc) is 2.93. The summed E-state index contributed by atoms with van der Waals surface area (Å²) in [7, 11) is 1.77. The van der Waals surface area contributed by atoms with Gasteiger partial charge in [-0.3, -0.25) is 4.99 Å². The molecule has 1 fully saturated rings. The Kier molecular flexibility index (Phi) is 5.74. The van der Waals surface area contributed by atoms with Crippen molar-refractivity contribution in [1.29, 1.82) is 0 Å². The van der Waals surface area contributed by atoms with Crippen molar-refractivity contribution >= 4 is 29.9 Å². The van der Waals surface area contributed by atoms with Crippen molar-refractivity contribution in [1.82, 2.24) is 10.6 Å². The van der Waals surface area contributed by atoms with Gasteiger partial charge in [0.2, 0.25) is 6.79 Å². The Morgan fingerprint density at radius 2 is 2.00 bits per heavy atom. The summed E-state index contributed by atoms with van der Waals surface area (Å²) in [5.74, 6) is 2.40. The predicted molar refractivity (Wildman–Crippen MR) is 95.1 cm³/mol. The SMILES string of the molecule is CN=C(NCc1ccc2c(c1)OCO2)NCC1(C)COC1.I. The van der Waals surface area contributed by atoms with Gasteiger partial charge < -0.3 is 24.8 Å². The van der Waals surface area contributed by atoms with E-state index in [0.29, 0.717) is 13.3 Å². The summed E-state index contributed by atoms with van der Waals surface area (Å²) in [4.78, 5) is 4.23. The van der Waals surface area contributed by atoms with Gasteiger partial charge in [0.15, 0.2) is 17.5 Å². The van der Waals surface area contributed by atoms with Gasteiger partial charge >= 0.3 is 0 Å². The number of aliphatic imine (C=N–C) groups is 1. The molecule has 0 atom stereocenters. The van der Waals surface area contributed by atoms with Crippen molar-refractivity contribution in [3.63, 3.8) is 0 Å². The molecule has 1 saturated heterocycles. The topological polar surface area (TPSA) is 64.1 Å². The molecule has 0 aromatic heterocycles. The number of fused-ring (bicyclic) bond motifs is 1. The van der Waals surface area contributed by atoms with Gasteiger partial charge in [0, 0.05) is 25.6 Å². The molecule has 1 aromatic carbocycles. The van der Waals surface area contributed by atoms with Crippen LogP contribution in [0.15, 0.2) is 23.2 Å². The number of ether oxygens (including phenoxy) is 3. The molecule has 3 rings (SSSR count). The molecule has 6 nitrogen and oxygen atoms in total. The van der Waals surface area contributed by atoms with Gasteiger partial charge in [-0.15, -0.1) is 24.0 Å². The minimum Gasteiger partial charge on any atom is -0.454 e. The zero-order valence-corrected chi connectivity index (χ0v) is 15.2. The number of hydrogen-bond acceptors (Lipinski definition) is 4. The summed E-state index contributed by atoms with van der Waals surface area (Å²) in [6.45, 7) is 5.65. The molecular formula is C15H22IN3O3. The van der Waals surface area contributed by atoms with Crippen molar-refractivity contribution in [3.05, 3.63) is 23.8 Å². The summed E-state index contributed by atoms with van der Waals surface area (Å²) in [6, 6.07) is 5.95. The van der Waals surface area contributed by atoms with Crippen LogP contribution in [0.5, 0.6) is 11.5 Å². The molecule has 0 saturated carbocycles. The second-order valence-corrected chi connectivity index (χ2v) is 5.77. The lowest BCUT2D eigenvalue weighted by Gasteiger charge is -2.38. The van der Waals surface area contributed by atoms with E-state index in [1.807, 2.05) is 18.2 Å². The van der Waals surface area contributed by atoms with Gasteiger partial charge in [0.1, 0.15) is 0 Å². The molecule has 1 aromatic rings. The van der Waals surface area contributed by atoms with Gasteiger partial charge in [-0.25, -0.2) is 0 Å². The van der Waals surface area contributed by atoms with Crippen LogP contribution >= 0.6 is 24.0 Å². The minimum atomic E-state index is 0. The lowest BCUT2D eigenvalue weighted by molar-refractivity contribution is -0.0971. The second kappa shape index (κ2) is 7.36. The summed E-state index contributed by atoms with van der Waals surface area (Å²) < 4.78 is 15.9. The van der Waals surface area contributed by atoms with E-state index in [9.17, 15) is 0 Å². The van der Waals surface area contributed by atoms with E-state index >= 15 is 0 Å². The molecule has 2 aliphatic rings. The van der Waals surface area contributed by atoms with Crippen LogP contribution in [0.2, 0.25) is 0 Å². The number of hydrogen-bond donors (Lipinski definition) is 2. The van der Waals surface area contributed by atoms with Crippen LogP contribution in [0, 0.1) is 5.41 Å². The van der Waals surface area contributed by atoms with Crippen LogP contribution in [0.1, 0.15) is 12.5 Å². The monoisotopic (exact) mass is 419 g/mol. The van der Waals surface area contributed by atoms with Crippen LogP contribution in [-0.2, 0) is 11.3 Å². The third kappa shape index (κ3) is 3.95. The maximum Gasteiger partial charge on any atom is 0.231 e. The normalized spacial score (nSPS) is 18.2. The van der Waals surface area contributed by atoms with Crippen molar-refractivity contribution in [2.75, 3.05) is 33.6 Å². The van der Waals surface area contributed by atoms with E-state index < -0.39 is 0 Å². The molecule has 0 bridgehead atoms. The van der Waals surface area contributed by atoms with E-state index in [-0.39, 0.29) is 29.4 Å².